The van der Waals surface area contributed by atoms with Gasteiger partial charge >= 0.3 is 6.03 Å². The lowest BCUT2D eigenvalue weighted by molar-refractivity contribution is 0.160. The first-order chi connectivity index (χ1) is 12.6. The van der Waals surface area contributed by atoms with Crippen molar-refractivity contribution in [1.82, 2.24) is 14.7 Å². The number of rotatable bonds is 1. The van der Waals surface area contributed by atoms with Gasteiger partial charge in [0.05, 0.1) is 12.2 Å². The van der Waals surface area contributed by atoms with Crippen molar-refractivity contribution in [3.8, 4) is 11.8 Å². The van der Waals surface area contributed by atoms with Gasteiger partial charge in [-0.3, -0.25) is 4.99 Å². The molecule has 0 radical (unpaired) electrons. The van der Waals surface area contributed by atoms with Crippen LogP contribution in [0, 0.1) is 11.8 Å². The molecule has 1 aromatic carbocycles. The van der Waals surface area contributed by atoms with Crippen molar-refractivity contribution in [2.24, 2.45) is 4.99 Å². The van der Waals surface area contributed by atoms with E-state index >= 15 is 0 Å². The average molecular weight is 371 g/mol. The Balaban J connectivity index is 1.66. The minimum Gasteiger partial charge on any atom is -0.325 e. The number of allylic oxidation sites excluding steroid dienone is 1. The summed E-state index contributed by atoms with van der Waals surface area (Å²) in [4.78, 5) is 22.7. The van der Waals surface area contributed by atoms with Gasteiger partial charge in [0, 0.05) is 43.8 Å². The van der Waals surface area contributed by atoms with Gasteiger partial charge in [-0.2, -0.15) is 0 Å². The summed E-state index contributed by atoms with van der Waals surface area (Å²) < 4.78 is 0. The SMILES string of the molecule is C=C(C#Cc1cccc(Cl)c1)N1CCN(C(=O)N2CCCC2)CC1=NC. The number of benzene rings is 1. The van der Waals surface area contributed by atoms with Crippen LogP contribution in [0.5, 0.6) is 0 Å². The number of amides is 2. The quantitative estimate of drug-likeness (QED) is 0.713. The lowest BCUT2D eigenvalue weighted by Crippen LogP contribution is -2.54. The van der Waals surface area contributed by atoms with Crippen molar-refractivity contribution >= 4 is 23.5 Å². The molecule has 0 bridgehead atoms. The van der Waals surface area contributed by atoms with Crippen molar-refractivity contribution < 1.29 is 4.79 Å². The fourth-order valence-corrected chi connectivity index (χ4v) is 3.41. The van der Waals surface area contributed by atoms with E-state index in [0.717, 1.165) is 37.3 Å². The van der Waals surface area contributed by atoms with Gasteiger partial charge in [0.15, 0.2) is 0 Å². The Hall–Kier alpha value is -2.45. The van der Waals surface area contributed by atoms with Gasteiger partial charge < -0.3 is 14.7 Å². The van der Waals surface area contributed by atoms with Gasteiger partial charge in [-0.1, -0.05) is 30.2 Å². The van der Waals surface area contributed by atoms with Crippen LogP contribution in [0.1, 0.15) is 18.4 Å². The molecule has 0 spiro atoms. The summed E-state index contributed by atoms with van der Waals surface area (Å²) >= 11 is 5.99. The molecule has 0 unspecified atom stereocenters. The van der Waals surface area contributed by atoms with E-state index in [2.05, 4.69) is 23.4 Å². The molecule has 136 valence electrons. The van der Waals surface area contributed by atoms with E-state index in [1.807, 2.05) is 39.0 Å². The molecule has 2 aliphatic heterocycles. The van der Waals surface area contributed by atoms with Crippen LogP contribution in [0.25, 0.3) is 0 Å². The first-order valence-corrected chi connectivity index (χ1v) is 9.20. The molecule has 2 fully saturated rings. The second-order valence-corrected chi connectivity index (χ2v) is 6.83. The Labute approximate surface area is 159 Å². The van der Waals surface area contributed by atoms with Gasteiger partial charge in [-0.25, -0.2) is 4.79 Å². The molecule has 0 aromatic heterocycles. The summed E-state index contributed by atoms with van der Waals surface area (Å²) in [6.45, 7) is 7.58. The standard InChI is InChI=1S/C20H23ClN4O/c1-16(8-9-17-6-5-7-18(21)14-17)25-13-12-24(15-19(25)22-2)20(26)23-10-3-4-11-23/h5-7,14H,1,3-4,10-13,15H2,2H3. The molecule has 2 aliphatic rings. The Morgan fingerprint density at radius 2 is 1.96 bits per heavy atom. The van der Waals surface area contributed by atoms with Gasteiger partial charge in [-0.15, -0.1) is 0 Å². The number of carbonyl (C=O) groups excluding carboxylic acids is 1. The number of piperazine rings is 1. The van der Waals surface area contributed by atoms with Gasteiger partial charge in [0.2, 0.25) is 0 Å². The molecular weight excluding hydrogens is 348 g/mol. The average Bonchev–Trinajstić information content (AvgIpc) is 3.20. The van der Waals surface area contributed by atoms with Crippen LogP contribution in [0.2, 0.25) is 5.02 Å². The molecule has 3 rings (SSSR count). The van der Waals surface area contributed by atoms with E-state index in [1.54, 1.807) is 7.05 Å². The maximum Gasteiger partial charge on any atom is 0.320 e. The van der Waals surface area contributed by atoms with E-state index in [0.29, 0.717) is 30.4 Å². The van der Waals surface area contributed by atoms with Crippen LogP contribution in [-0.4, -0.2) is 66.3 Å². The van der Waals surface area contributed by atoms with Crippen molar-refractivity contribution in [2.45, 2.75) is 12.8 Å². The van der Waals surface area contributed by atoms with Crippen LogP contribution in [-0.2, 0) is 0 Å². The number of aliphatic imine (C=N–C) groups is 1. The van der Waals surface area contributed by atoms with Crippen molar-refractivity contribution in [1.29, 1.82) is 0 Å². The lowest BCUT2D eigenvalue weighted by atomic mass is 10.2. The van der Waals surface area contributed by atoms with Crippen molar-refractivity contribution in [3.63, 3.8) is 0 Å². The number of amidine groups is 1. The molecule has 0 saturated carbocycles. The number of hydrogen-bond acceptors (Lipinski definition) is 2. The summed E-state index contributed by atoms with van der Waals surface area (Å²) in [5.41, 5.74) is 1.52. The Kier molecular flexibility index (Phi) is 5.85. The zero-order valence-corrected chi connectivity index (χ0v) is 15.8. The third-order valence-corrected chi connectivity index (χ3v) is 4.88. The topological polar surface area (TPSA) is 39.1 Å². The number of likely N-dealkylation sites (tertiary alicyclic amines) is 1. The molecule has 0 N–H and O–H groups in total. The van der Waals surface area contributed by atoms with Crippen LogP contribution in [0.4, 0.5) is 4.79 Å². The molecule has 2 amide bonds. The Morgan fingerprint density at radius 3 is 2.65 bits per heavy atom. The minimum atomic E-state index is 0.110. The smallest absolute Gasteiger partial charge is 0.320 e. The first-order valence-electron chi connectivity index (χ1n) is 8.82. The fourth-order valence-electron chi connectivity index (χ4n) is 3.22. The predicted molar refractivity (Wildman–Crippen MR) is 105 cm³/mol. The zero-order valence-electron chi connectivity index (χ0n) is 15.0. The summed E-state index contributed by atoms with van der Waals surface area (Å²) in [7, 11) is 1.74. The largest absolute Gasteiger partial charge is 0.325 e. The number of carbonyl (C=O) groups is 1. The molecule has 0 aliphatic carbocycles. The maximum absolute atomic E-state index is 12.6. The fraction of sp³-hybridized carbons (Fsp3) is 0.400. The predicted octanol–water partition coefficient (Wildman–Crippen LogP) is 3.07. The molecule has 2 saturated heterocycles. The highest BCUT2D eigenvalue weighted by molar-refractivity contribution is 6.30. The van der Waals surface area contributed by atoms with Crippen molar-refractivity contribution in [2.75, 3.05) is 39.8 Å². The molecule has 0 atom stereocenters. The van der Waals surface area contributed by atoms with E-state index in [9.17, 15) is 4.79 Å². The van der Waals surface area contributed by atoms with Crippen molar-refractivity contribution in [3.05, 3.63) is 47.1 Å². The molecular formula is C20H23ClN4O. The summed E-state index contributed by atoms with van der Waals surface area (Å²) in [5.74, 6) is 6.99. The normalized spacial score (nSPS) is 18.7. The second-order valence-electron chi connectivity index (χ2n) is 6.40. The number of halogens is 1. The molecule has 5 nitrogen and oxygen atoms in total. The highest BCUT2D eigenvalue weighted by Gasteiger charge is 2.30. The second kappa shape index (κ2) is 8.29. The van der Waals surface area contributed by atoms with Gasteiger partial charge in [0.25, 0.3) is 0 Å². The van der Waals surface area contributed by atoms with E-state index in [-0.39, 0.29) is 6.03 Å². The lowest BCUT2D eigenvalue weighted by Gasteiger charge is -2.38. The van der Waals surface area contributed by atoms with Crippen LogP contribution in [0.3, 0.4) is 0 Å². The first kappa shape index (κ1) is 18.3. The van der Waals surface area contributed by atoms with Crippen LogP contribution >= 0.6 is 11.6 Å². The third-order valence-electron chi connectivity index (χ3n) is 4.64. The maximum atomic E-state index is 12.6. The summed E-state index contributed by atoms with van der Waals surface area (Å²) in [6, 6.07) is 7.53. The zero-order chi connectivity index (χ0) is 18.5. The monoisotopic (exact) mass is 370 g/mol. The molecule has 2 heterocycles. The number of nitrogens with zero attached hydrogens (tertiary/aromatic N) is 4. The highest BCUT2D eigenvalue weighted by Crippen LogP contribution is 2.16. The van der Waals surface area contributed by atoms with Gasteiger partial charge in [0.1, 0.15) is 5.84 Å². The summed E-state index contributed by atoms with van der Waals surface area (Å²) in [5, 5.41) is 0.660. The third kappa shape index (κ3) is 4.20. The number of hydrogen-bond donors (Lipinski definition) is 0. The van der Waals surface area contributed by atoms with E-state index < -0.39 is 0 Å². The van der Waals surface area contributed by atoms with Crippen LogP contribution < -0.4 is 0 Å². The molecule has 6 heteroatoms. The van der Waals surface area contributed by atoms with E-state index in [1.165, 1.54) is 0 Å². The van der Waals surface area contributed by atoms with Crippen LogP contribution in [0.15, 0.2) is 41.5 Å². The molecule has 1 aromatic rings. The summed E-state index contributed by atoms with van der Waals surface area (Å²) in [6.07, 6.45) is 2.19. The highest BCUT2D eigenvalue weighted by atomic mass is 35.5. The minimum absolute atomic E-state index is 0.110. The Bertz CT molecular complexity index is 786. The molecule has 26 heavy (non-hydrogen) atoms. The van der Waals surface area contributed by atoms with Gasteiger partial charge in [-0.05, 0) is 37.0 Å². The Morgan fingerprint density at radius 1 is 1.19 bits per heavy atom. The van der Waals surface area contributed by atoms with E-state index in [4.69, 9.17) is 11.6 Å². The number of urea groups is 1.